The maximum absolute atomic E-state index is 11.2. The van der Waals surface area contributed by atoms with Crippen LogP contribution in [-0.2, 0) is 6.42 Å². The molecular formula is C10H12OS. The van der Waals surface area contributed by atoms with E-state index in [0.717, 1.165) is 12.0 Å². The zero-order chi connectivity index (χ0) is 8.97. The van der Waals surface area contributed by atoms with E-state index in [2.05, 4.69) is 6.92 Å². The monoisotopic (exact) mass is 180 g/mol. The lowest BCUT2D eigenvalue weighted by molar-refractivity contribution is 0.108. The maximum atomic E-state index is 11.2. The van der Waals surface area contributed by atoms with Crippen LogP contribution in [0, 0.1) is 0 Å². The topological polar surface area (TPSA) is 17.1 Å². The van der Waals surface area contributed by atoms with Crippen LogP contribution in [0.4, 0.5) is 0 Å². The molecule has 1 aromatic carbocycles. The van der Waals surface area contributed by atoms with Crippen LogP contribution in [0.5, 0.6) is 0 Å². The molecule has 0 heterocycles. The number of benzene rings is 1. The van der Waals surface area contributed by atoms with E-state index in [1.54, 1.807) is 6.26 Å². The minimum Gasteiger partial charge on any atom is -0.282 e. The van der Waals surface area contributed by atoms with Crippen molar-refractivity contribution in [2.45, 2.75) is 13.3 Å². The van der Waals surface area contributed by atoms with Gasteiger partial charge < -0.3 is 0 Å². The highest BCUT2D eigenvalue weighted by Gasteiger charge is 2.01. The average molecular weight is 180 g/mol. The van der Waals surface area contributed by atoms with Crippen molar-refractivity contribution in [3.63, 3.8) is 0 Å². The van der Waals surface area contributed by atoms with Gasteiger partial charge in [0.15, 0.2) is 0 Å². The Morgan fingerprint density at radius 3 is 2.33 bits per heavy atom. The van der Waals surface area contributed by atoms with Crippen molar-refractivity contribution in [3.8, 4) is 0 Å². The van der Waals surface area contributed by atoms with Crippen LogP contribution in [0.2, 0.25) is 0 Å². The van der Waals surface area contributed by atoms with Crippen LogP contribution in [0.25, 0.3) is 0 Å². The summed E-state index contributed by atoms with van der Waals surface area (Å²) in [6, 6.07) is 7.78. The molecule has 0 amide bonds. The first-order chi connectivity index (χ1) is 5.77. The Labute approximate surface area is 77.2 Å². The summed E-state index contributed by atoms with van der Waals surface area (Å²) in [6.45, 7) is 2.10. The molecule has 0 aliphatic rings. The van der Waals surface area contributed by atoms with Gasteiger partial charge in [-0.05, 0) is 18.2 Å². The molecule has 0 spiro atoms. The van der Waals surface area contributed by atoms with Crippen LogP contribution >= 0.6 is 11.8 Å². The van der Waals surface area contributed by atoms with Gasteiger partial charge in [0, 0.05) is 5.56 Å². The Morgan fingerprint density at radius 2 is 1.92 bits per heavy atom. The summed E-state index contributed by atoms with van der Waals surface area (Å²) in [5, 5.41) is 0.137. The number of thioether (sulfide) groups is 1. The number of rotatable bonds is 2. The second kappa shape index (κ2) is 4.31. The summed E-state index contributed by atoms with van der Waals surface area (Å²) >= 11 is 1.25. The van der Waals surface area contributed by atoms with Gasteiger partial charge in [0.2, 0.25) is 5.12 Å². The highest BCUT2D eigenvalue weighted by atomic mass is 32.2. The smallest absolute Gasteiger partial charge is 0.219 e. The summed E-state index contributed by atoms with van der Waals surface area (Å²) in [6.07, 6.45) is 2.82. The predicted molar refractivity (Wildman–Crippen MR) is 53.7 cm³/mol. The second-order valence-electron chi connectivity index (χ2n) is 2.54. The van der Waals surface area contributed by atoms with Crippen molar-refractivity contribution in [2.75, 3.05) is 6.26 Å². The zero-order valence-corrected chi connectivity index (χ0v) is 8.15. The van der Waals surface area contributed by atoms with E-state index in [-0.39, 0.29) is 5.12 Å². The lowest BCUT2D eigenvalue weighted by Gasteiger charge is -1.98. The van der Waals surface area contributed by atoms with Gasteiger partial charge >= 0.3 is 0 Å². The molecule has 12 heavy (non-hydrogen) atoms. The summed E-state index contributed by atoms with van der Waals surface area (Å²) in [7, 11) is 0. The van der Waals surface area contributed by atoms with Gasteiger partial charge in [-0.25, -0.2) is 0 Å². The van der Waals surface area contributed by atoms with Crippen molar-refractivity contribution in [1.82, 2.24) is 0 Å². The first-order valence-electron chi connectivity index (χ1n) is 3.95. The largest absolute Gasteiger partial charge is 0.282 e. The minimum absolute atomic E-state index is 0.137. The molecule has 0 fully saturated rings. The van der Waals surface area contributed by atoms with Crippen LogP contribution in [0.3, 0.4) is 0 Å². The Bertz CT molecular complexity index is 264. The Hall–Kier alpha value is -0.760. The third-order valence-electron chi connectivity index (χ3n) is 1.78. The van der Waals surface area contributed by atoms with Gasteiger partial charge in [-0.1, -0.05) is 43.0 Å². The molecule has 64 valence electrons. The molecule has 1 aromatic rings. The second-order valence-corrected chi connectivity index (χ2v) is 3.32. The van der Waals surface area contributed by atoms with Crippen molar-refractivity contribution in [3.05, 3.63) is 35.4 Å². The fraction of sp³-hybridized carbons (Fsp3) is 0.300. The molecule has 0 aromatic heterocycles. The lowest BCUT2D eigenvalue weighted by Crippen LogP contribution is -1.91. The molecule has 1 rings (SSSR count). The first-order valence-corrected chi connectivity index (χ1v) is 5.17. The molecule has 0 saturated carbocycles. The first kappa shape index (κ1) is 9.33. The number of hydrogen-bond donors (Lipinski definition) is 0. The summed E-state index contributed by atoms with van der Waals surface area (Å²) in [4.78, 5) is 11.2. The molecule has 0 atom stereocenters. The standard InChI is InChI=1S/C10H12OS/c1-3-8-4-6-9(7-5-8)10(11)12-2/h4-7H,3H2,1-2H3. The van der Waals surface area contributed by atoms with Gasteiger partial charge in [-0.3, -0.25) is 4.79 Å². The normalized spacial score (nSPS) is 9.83. The van der Waals surface area contributed by atoms with E-state index < -0.39 is 0 Å². The number of carbonyl (C=O) groups excluding carboxylic acids is 1. The summed E-state index contributed by atoms with van der Waals surface area (Å²) in [5.41, 5.74) is 2.06. The van der Waals surface area contributed by atoms with E-state index >= 15 is 0 Å². The number of hydrogen-bond acceptors (Lipinski definition) is 2. The van der Waals surface area contributed by atoms with E-state index in [9.17, 15) is 4.79 Å². The maximum Gasteiger partial charge on any atom is 0.219 e. The molecule has 0 aliphatic carbocycles. The third kappa shape index (κ3) is 2.11. The number of carbonyl (C=O) groups is 1. The van der Waals surface area contributed by atoms with Gasteiger partial charge in [0.05, 0.1) is 0 Å². The zero-order valence-electron chi connectivity index (χ0n) is 7.33. The van der Waals surface area contributed by atoms with Crippen LogP contribution < -0.4 is 0 Å². The SMILES string of the molecule is CCc1ccc(C(=O)SC)cc1. The molecule has 0 N–H and O–H groups in total. The van der Waals surface area contributed by atoms with Crippen LogP contribution in [0.15, 0.2) is 24.3 Å². The summed E-state index contributed by atoms with van der Waals surface area (Å²) < 4.78 is 0. The molecule has 0 aliphatic heterocycles. The van der Waals surface area contributed by atoms with Crippen molar-refractivity contribution in [1.29, 1.82) is 0 Å². The molecule has 1 nitrogen and oxygen atoms in total. The molecular weight excluding hydrogens is 168 g/mol. The Balaban J connectivity index is 2.84. The Kier molecular flexibility index (Phi) is 3.35. The average Bonchev–Trinajstić information content (AvgIpc) is 2.17. The Morgan fingerprint density at radius 1 is 1.33 bits per heavy atom. The highest BCUT2D eigenvalue weighted by Crippen LogP contribution is 2.10. The fourth-order valence-corrected chi connectivity index (χ4v) is 1.37. The fourth-order valence-electron chi connectivity index (χ4n) is 0.994. The van der Waals surface area contributed by atoms with Gasteiger partial charge in [-0.15, -0.1) is 0 Å². The minimum atomic E-state index is 0.137. The van der Waals surface area contributed by atoms with Crippen molar-refractivity contribution >= 4 is 16.9 Å². The third-order valence-corrected chi connectivity index (χ3v) is 2.39. The van der Waals surface area contributed by atoms with Crippen molar-refractivity contribution in [2.24, 2.45) is 0 Å². The van der Waals surface area contributed by atoms with Gasteiger partial charge in [0.25, 0.3) is 0 Å². The quantitative estimate of drug-likeness (QED) is 0.696. The predicted octanol–water partition coefficient (Wildman–Crippen LogP) is 2.75. The number of aryl methyl sites for hydroxylation is 1. The van der Waals surface area contributed by atoms with Gasteiger partial charge in [-0.2, -0.15) is 0 Å². The summed E-state index contributed by atoms with van der Waals surface area (Å²) in [5.74, 6) is 0. The molecule has 0 radical (unpaired) electrons. The van der Waals surface area contributed by atoms with Crippen LogP contribution in [0.1, 0.15) is 22.8 Å². The molecule has 0 unspecified atom stereocenters. The van der Waals surface area contributed by atoms with Crippen LogP contribution in [-0.4, -0.2) is 11.4 Å². The molecule has 0 bridgehead atoms. The lowest BCUT2D eigenvalue weighted by atomic mass is 10.1. The van der Waals surface area contributed by atoms with E-state index in [4.69, 9.17) is 0 Å². The van der Waals surface area contributed by atoms with E-state index in [0.29, 0.717) is 0 Å². The van der Waals surface area contributed by atoms with Gasteiger partial charge in [0.1, 0.15) is 0 Å². The molecule has 2 heteroatoms. The molecule has 0 saturated heterocycles. The van der Waals surface area contributed by atoms with Crippen molar-refractivity contribution < 1.29 is 4.79 Å². The highest BCUT2D eigenvalue weighted by molar-refractivity contribution is 8.13. The van der Waals surface area contributed by atoms with E-state index in [1.807, 2.05) is 24.3 Å². The van der Waals surface area contributed by atoms with E-state index in [1.165, 1.54) is 17.3 Å².